The van der Waals surface area contributed by atoms with Gasteiger partial charge in [-0.3, -0.25) is 0 Å². The van der Waals surface area contributed by atoms with Gasteiger partial charge in [0.15, 0.2) is 9.84 Å². The molecule has 3 nitrogen and oxygen atoms in total. The van der Waals surface area contributed by atoms with E-state index in [0.717, 1.165) is 12.2 Å². The molecule has 4 heteroatoms. The van der Waals surface area contributed by atoms with Crippen LogP contribution in [0.1, 0.15) is 18.1 Å². The van der Waals surface area contributed by atoms with E-state index in [9.17, 15) is 8.42 Å². The average Bonchev–Trinajstić information content (AvgIpc) is 2.47. The number of benzene rings is 2. The summed E-state index contributed by atoms with van der Waals surface area (Å²) in [7, 11) is -3.12. The maximum absolute atomic E-state index is 11.7. The van der Waals surface area contributed by atoms with Crippen LogP contribution in [0.25, 0.3) is 0 Å². The first-order chi connectivity index (χ1) is 9.53. The first kappa shape index (κ1) is 14.6. The molecule has 0 bridgehead atoms. The normalized spacial score (nSPS) is 11.3. The molecule has 106 valence electrons. The summed E-state index contributed by atoms with van der Waals surface area (Å²) in [6.45, 7) is 4.46. The van der Waals surface area contributed by atoms with Crippen LogP contribution < -0.4 is 5.32 Å². The zero-order valence-electron chi connectivity index (χ0n) is 11.8. The van der Waals surface area contributed by atoms with Crippen LogP contribution >= 0.6 is 0 Å². The van der Waals surface area contributed by atoms with Crippen molar-refractivity contribution in [2.24, 2.45) is 0 Å². The van der Waals surface area contributed by atoms with Gasteiger partial charge in [0.2, 0.25) is 0 Å². The number of hydrogen-bond acceptors (Lipinski definition) is 3. The van der Waals surface area contributed by atoms with Crippen LogP contribution in [0.3, 0.4) is 0 Å². The van der Waals surface area contributed by atoms with Gasteiger partial charge in [-0.25, -0.2) is 8.42 Å². The Morgan fingerprint density at radius 2 is 1.65 bits per heavy atom. The molecule has 0 atom stereocenters. The van der Waals surface area contributed by atoms with Crippen molar-refractivity contribution < 1.29 is 8.42 Å². The monoisotopic (exact) mass is 289 g/mol. The lowest BCUT2D eigenvalue weighted by Crippen LogP contribution is -2.04. The fraction of sp³-hybridized carbons (Fsp3) is 0.250. The Balaban J connectivity index is 2.07. The van der Waals surface area contributed by atoms with Crippen LogP contribution in [-0.4, -0.2) is 14.2 Å². The highest BCUT2D eigenvalue weighted by Gasteiger charge is 2.10. The van der Waals surface area contributed by atoms with Gasteiger partial charge in [-0.1, -0.05) is 31.2 Å². The van der Waals surface area contributed by atoms with Crippen molar-refractivity contribution in [3.8, 4) is 0 Å². The summed E-state index contributed by atoms with van der Waals surface area (Å²) in [5.74, 6) is 0.128. The van der Waals surface area contributed by atoms with E-state index in [1.54, 1.807) is 31.2 Å². The molecular formula is C16H19NO2S. The predicted molar refractivity (Wildman–Crippen MR) is 82.7 cm³/mol. The summed E-state index contributed by atoms with van der Waals surface area (Å²) in [6, 6.07) is 15.1. The number of nitrogens with one attached hydrogen (secondary N) is 1. The quantitative estimate of drug-likeness (QED) is 0.917. The molecule has 0 aliphatic rings. The molecule has 0 saturated heterocycles. The van der Waals surface area contributed by atoms with Crippen molar-refractivity contribution in [3.05, 3.63) is 59.7 Å². The van der Waals surface area contributed by atoms with E-state index in [4.69, 9.17) is 0 Å². The molecule has 2 rings (SSSR count). The summed E-state index contributed by atoms with van der Waals surface area (Å²) < 4.78 is 23.4. The van der Waals surface area contributed by atoms with E-state index < -0.39 is 9.84 Å². The van der Waals surface area contributed by atoms with Gasteiger partial charge in [0.25, 0.3) is 0 Å². The molecule has 20 heavy (non-hydrogen) atoms. The van der Waals surface area contributed by atoms with Gasteiger partial charge in [-0.2, -0.15) is 0 Å². The first-order valence-electron chi connectivity index (χ1n) is 6.64. The molecule has 0 aliphatic heterocycles. The second kappa shape index (κ2) is 6.09. The van der Waals surface area contributed by atoms with Crippen LogP contribution in [0.2, 0.25) is 0 Å². The number of hydrogen-bond donors (Lipinski definition) is 1. The molecule has 2 aromatic rings. The molecule has 0 fully saturated rings. The lowest BCUT2D eigenvalue weighted by molar-refractivity contribution is 0.597. The van der Waals surface area contributed by atoms with E-state index in [1.165, 1.54) is 11.1 Å². The molecular weight excluding hydrogens is 270 g/mol. The minimum absolute atomic E-state index is 0.128. The summed E-state index contributed by atoms with van der Waals surface area (Å²) in [6.07, 6.45) is 0. The molecule has 1 N–H and O–H groups in total. The van der Waals surface area contributed by atoms with E-state index >= 15 is 0 Å². The van der Waals surface area contributed by atoms with Crippen molar-refractivity contribution in [1.82, 2.24) is 0 Å². The van der Waals surface area contributed by atoms with E-state index in [0.29, 0.717) is 4.90 Å². The van der Waals surface area contributed by atoms with Crippen LogP contribution in [0.15, 0.2) is 53.4 Å². The minimum Gasteiger partial charge on any atom is -0.381 e. The van der Waals surface area contributed by atoms with E-state index in [1.807, 2.05) is 12.1 Å². The van der Waals surface area contributed by atoms with Crippen LogP contribution in [0.5, 0.6) is 0 Å². The fourth-order valence-corrected chi connectivity index (χ4v) is 2.84. The Morgan fingerprint density at radius 1 is 1.00 bits per heavy atom. The average molecular weight is 289 g/mol. The van der Waals surface area contributed by atoms with Crippen molar-refractivity contribution in [3.63, 3.8) is 0 Å². The first-order valence-corrected chi connectivity index (χ1v) is 8.29. The smallest absolute Gasteiger partial charge is 0.178 e. The van der Waals surface area contributed by atoms with Crippen molar-refractivity contribution >= 4 is 15.5 Å². The maximum atomic E-state index is 11.7. The predicted octanol–water partition coefficient (Wildman–Crippen LogP) is 3.40. The molecule has 2 aromatic carbocycles. The number of anilines is 1. The van der Waals surface area contributed by atoms with E-state index in [2.05, 4.69) is 24.4 Å². The second-order valence-corrected chi connectivity index (χ2v) is 6.99. The topological polar surface area (TPSA) is 46.2 Å². The van der Waals surface area contributed by atoms with Crippen molar-refractivity contribution in [2.45, 2.75) is 25.3 Å². The van der Waals surface area contributed by atoms with Crippen molar-refractivity contribution in [2.75, 3.05) is 11.1 Å². The summed E-state index contributed by atoms with van der Waals surface area (Å²) in [5.41, 5.74) is 3.39. The highest BCUT2D eigenvalue weighted by molar-refractivity contribution is 7.91. The Bertz CT molecular complexity index is 676. The maximum Gasteiger partial charge on any atom is 0.178 e. The highest BCUT2D eigenvalue weighted by Crippen LogP contribution is 2.16. The number of sulfone groups is 1. The summed E-state index contributed by atoms with van der Waals surface area (Å²) >= 11 is 0. The van der Waals surface area contributed by atoms with Gasteiger partial charge in [-0.15, -0.1) is 0 Å². The summed E-state index contributed by atoms with van der Waals surface area (Å²) in [4.78, 5) is 0.376. The third-order valence-corrected chi connectivity index (χ3v) is 5.09. The third-order valence-electron chi connectivity index (χ3n) is 3.34. The Labute approximate surface area is 120 Å². The van der Waals surface area contributed by atoms with Gasteiger partial charge < -0.3 is 5.32 Å². The van der Waals surface area contributed by atoms with Crippen LogP contribution in [0, 0.1) is 6.92 Å². The largest absolute Gasteiger partial charge is 0.381 e. The van der Waals surface area contributed by atoms with Gasteiger partial charge >= 0.3 is 0 Å². The zero-order valence-corrected chi connectivity index (χ0v) is 12.6. The van der Waals surface area contributed by atoms with Gasteiger partial charge in [0.05, 0.1) is 10.6 Å². The SMILES string of the molecule is CCS(=O)(=O)c1ccc(NCc2ccccc2C)cc1. The Morgan fingerprint density at radius 3 is 2.25 bits per heavy atom. The second-order valence-electron chi connectivity index (χ2n) is 4.71. The molecule has 0 radical (unpaired) electrons. The fourth-order valence-electron chi connectivity index (χ4n) is 1.95. The number of aryl methyl sites for hydroxylation is 1. The van der Waals surface area contributed by atoms with Crippen molar-refractivity contribution in [1.29, 1.82) is 0 Å². The third kappa shape index (κ3) is 3.39. The molecule has 0 heterocycles. The molecule has 0 saturated carbocycles. The van der Waals surface area contributed by atoms with Crippen LogP contribution in [-0.2, 0) is 16.4 Å². The lowest BCUT2D eigenvalue weighted by Gasteiger charge is -2.09. The van der Waals surface area contributed by atoms with E-state index in [-0.39, 0.29) is 5.75 Å². The zero-order chi connectivity index (χ0) is 14.6. The molecule has 0 amide bonds. The van der Waals surface area contributed by atoms with Gasteiger partial charge in [0.1, 0.15) is 0 Å². The summed E-state index contributed by atoms with van der Waals surface area (Å²) in [5, 5.41) is 3.30. The minimum atomic E-state index is -3.12. The lowest BCUT2D eigenvalue weighted by atomic mass is 10.1. The molecule has 0 spiro atoms. The van der Waals surface area contributed by atoms with Gasteiger partial charge in [-0.05, 0) is 42.3 Å². The standard InChI is InChI=1S/C16H19NO2S/c1-3-20(18,19)16-10-8-15(9-11-16)17-12-14-7-5-4-6-13(14)2/h4-11,17H,3,12H2,1-2H3. The Kier molecular flexibility index (Phi) is 4.45. The highest BCUT2D eigenvalue weighted by atomic mass is 32.2. The molecule has 0 aliphatic carbocycles. The van der Waals surface area contributed by atoms with Crippen LogP contribution in [0.4, 0.5) is 5.69 Å². The van der Waals surface area contributed by atoms with Gasteiger partial charge in [0, 0.05) is 12.2 Å². The number of rotatable bonds is 5. The molecule has 0 unspecified atom stereocenters. The Hall–Kier alpha value is -1.81. The molecule has 0 aromatic heterocycles.